The van der Waals surface area contributed by atoms with Crippen molar-refractivity contribution in [3.8, 4) is 5.69 Å². The predicted octanol–water partition coefficient (Wildman–Crippen LogP) is 5.41. The normalized spacial score (nSPS) is 12.0. The fourth-order valence-electron chi connectivity index (χ4n) is 2.97. The summed E-state index contributed by atoms with van der Waals surface area (Å²) in [5.74, 6) is 0.220. The minimum absolute atomic E-state index is 0.220. The van der Waals surface area contributed by atoms with Crippen LogP contribution in [0.2, 0.25) is 0 Å². The van der Waals surface area contributed by atoms with Gasteiger partial charge in [0, 0.05) is 17.6 Å². The molecule has 1 aromatic carbocycles. The molecule has 2 heterocycles. The molecule has 31 heavy (non-hydrogen) atoms. The number of aromatic nitrogens is 3. The highest BCUT2D eigenvalue weighted by atomic mass is 16.6. The number of benzene rings is 1. The van der Waals surface area contributed by atoms with Gasteiger partial charge in [-0.1, -0.05) is 6.07 Å². The summed E-state index contributed by atoms with van der Waals surface area (Å²) in [6.07, 6.45) is 0.0113. The molecule has 2 amide bonds. The molecule has 0 saturated heterocycles. The van der Waals surface area contributed by atoms with Crippen LogP contribution in [0.4, 0.5) is 15.4 Å². The van der Waals surface area contributed by atoms with Crippen molar-refractivity contribution in [2.75, 3.05) is 4.90 Å². The van der Waals surface area contributed by atoms with E-state index in [4.69, 9.17) is 9.47 Å². The molecule has 0 radical (unpaired) electrons. The maximum Gasteiger partial charge on any atom is 0.425 e. The summed E-state index contributed by atoms with van der Waals surface area (Å²) in [4.78, 5) is 31.4. The molecule has 0 aliphatic heterocycles. The third-order valence-electron chi connectivity index (χ3n) is 4.04. The third kappa shape index (κ3) is 5.20. The van der Waals surface area contributed by atoms with E-state index >= 15 is 0 Å². The molecular weight excluding hydrogens is 396 g/mol. The highest BCUT2D eigenvalue weighted by Gasteiger charge is 2.35. The molecule has 0 N–H and O–H groups in total. The lowest BCUT2D eigenvalue weighted by molar-refractivity contribution is 0.0428. The Morgan fingerprint density at radius 2 is 1.55 bits per heavy atom. The Kier molecular flexibility index (Phi) is 5.76. The second-order valence-corrected chi connectivity index (χ2v) is 9.20. The zero-order valence-electron chi connectivity index (χ0n) is 19.0. The van der Waals surface area contributed by atoms with Crippen molar-refractivity contribution in [3.63, 3.8) is 0 Å². The van der Waals surface area contributed by atoms with Crippen LogP contribution in [0.15, 0.2) is 42.6 Å². The molecule has 8 heteroatoms. The molecule has 8 nitrogen and oxygen atoms in total. The van der Waals surface area contributed by atoms with E-state index in [2.05, 4.69) is 10.1 Å². The first-order valence-electron chi connectivity index (χ1n) is 10.0. The Bertz CT molecular complexity index is 1090. The van der Waals surface area contributed by atoms with Crippen LogP contribution in [0.5, 0.6) is 0 Å². The van der Waals surface area contributed by atoms with Crippen molar-refractivity contribution in [2.24, 2.45) is 0 Å². The van der Waals surface area contributed by atoms with E-state index in [0.29, 0.717) is 11.4 Å². The monoisotopic (exact) mass is 424 g/mol. The molecular formula is C23H28N4O4. The number of aryl methyl sites for hydroxylation is 1. The third-order valence-corrected chi connectivity index (χ3v) is 4.04. The summed E-state index contributed by atoms with van der Waals surface area (Å²) >= 11 is 0. The maximum atomic E-state index is 13.1. The number of ether oxygens (including phenoxy) is 2. The van der Waals surface area contributed by atoms with Crippen molar-refractivity contribution >= 4 is 28.9 Å². The van der Waals surface area contributed by atoms with Gasteiger partial charge in [-0.05, 0) is 72.7 Å². The summed E-state index contributed by atoms with van der Waals surface area (Å²) in [7, 11) is 0. The second-order valence-electron chi connectivity index (χ2n) is 9.20. The zero-order valence-corrected chi connectivity index (χ0v) is 19.0. The van der Waals surface area contributed by atoms with Gasteiger partial charge in [-0.2, -0.15) is 10.00 Å². The number of imide groups is 1. The minimum Gasteiger partial charge on any atom is -0.443 e. The quantitative estimate of drug-likeness (QED) is 0.547. The van der Waals surface area contributed by atoms with Crippen LogP contribution in [0.25, 0.3) is 16.6 Å². The number of carbonyl (C=O) groups excluding carboxylic acids is 2. The van der Waals surface area contributed by atoms with Gasteiger partial charge in [-0.15, -0.1) is 0 Å². The van der Waals surface area contributed by atoms with E-state index in [0.717, 1.165) is 15.8 Å². The minimum atomic E-state index is -0.846. The summed E-state index contributed by atoms with van der Waals surface area (Å²) < 4.78 is 12.6. The van der Waals surface area contributed by atoms with Crippen LogP contribution in [-0.4, -0.2) is 38.2 Å². The molecule has 0 atom stereocenters. The lowest BCUT2D eigenvalue weighted by Gasteiger charge is -2.28. The number of pyridine rings is 1. The van der Waals surface area contributed by atoms with Gasteiger partial charge in [-0.3, -0.25) is 4.98 Å². The Morgan fingerprint density at radius 3 is 2.13 bits per heavy atom. The summed E-state index contributed by atoms with van der Waals surface area (Å²) in [5.41, 5.74) is 0.445. The van der Waals surface area contributed by atoms with Crippen LogP contribution in [0.1, 0.15) is 47.2 Å². The highest BCUT2D eigenvalue weighted by molar-refractivity contribution is 6.09. The summed E-state index contributed by atoms with van der Waals surface area (Å²) in [5, 5.41) is 5.36. The SMILES string of the molecule is Cc1cc(N(C(=O)OC(C)(C)C)C(=O)OC(C)(C)C)n(-c2cccc3ncccc23)n1. The second kappa shape index (κ2) is 8.02. The summed E-state index contributed by atoms with van der Waals surface area (Å²) in [6, 6.07) is 10.9. The molecule has 0 spiro atoms. The fraction of sp³-hybridized carbons (Fsp3) is 0.391. The molecule has 3 aromatic rings. The van der Waals surface area contributed by atoms with Gasteiger partial charge in [0.15, 0.2) is 5.82 Å². The molecule has 164 valence electrons. The number of amides is 2. The van der Waals surface area contributed by atoms with Crippen LogP contribution in [-0.2, 0) is 9.47 Å². The van der Waals surface area contributed by atoms with Crippen molar-refractivity contribution in [3.05, 3.63) is 48.3 Å². The number of hydrogen-bond donors (Lipinski definition) is 0. The van der Waals surface area contributed by atoms with E-state index in [-0.39, 0.29) is 5.82 Å². The molecule has 0 unspecified atom stereocenters. The van der Waals surface area contributed by atoms with Gasteiger partial charge < -0.3 is 9.47 Å². The molecule has 0 bridgehead atoms. The number of rotatable bonds is 2. The van der Waals surface area contributed by atoms with Crippen molar-refractivity contribution in [2.45, 2.75) is 59.7 Å². The van der Waals surface area contributed by atoms with Crippen LogP contribution >= 0.6 is 0 Å². The molecule has 0 aliphatic rings. The summed E-state index contributed by atoms with van der Waals surface area (Å²) in [6.45, 7) is 12.2. The Balaban J connectivity index is 2.18. The number of nitrogens with zero attached hydrogens (tertiary/aromatic N) is 4. The van der Waals surface area contributed by atoms with E-state index in [1.165, 1.54) is 4.68 Å². The van der Waals surface area contributed by atoms with Crippen molar-refractivity contribution in [1.29, 1.82) is 0 Å². The number of carbonyl (C=O) groups is 2. The molecule has 0 fully saturated rings. The van der Waals surface area contributed by atoms with E-state index in [1.807, 2.05) is 30.3 Å². The topological polar surface area (TPSA) is 86.5 Å². The van der Waals surface area contributed by atoms with Gasteiger partial charge in [0.05, 0.1) is 16.9 Å². The van der Waals surface area contributed by atoms with Crippen molar-refractivity contribution < 1.29 is 19.1 Å². The lowest BCUT2D eigenvalue weighted by Crippen LogP contribution is -2.44. The van der Waals surface area contributed by atoms with Crippen molar-refractivity contribution in [1.82, 2.24) is 14.8 Å². The fourth-order valence-corrected chi connectivity index (χ4v) is 2.97. The first-order valence-corrected chi connectivity index (χ1v) is 10.0. The number of hydrogen-bond acceptors (Lipinski definition) is 6. The first kappa shape index (κ1) is 22.3. The Hall–Kier alpha value is -3.42. The lowest BCUT2D eigenvalue weighted by atomic mass is 10.2. The Morgan fingerprint density at radius 1 is 0.935 bits per heavy atom. The molecule has 3 rings (SSSR count). The zero-order chi connectivity index (χ0) is 23.0. The number of anilines is 1. The number of fused-ring (bicyclic) bond motifs is 1. The van der Waals surface area contributed by atoms with Crippen LogP contribution in [0, 0.1) is 6.92 Å². The van der Waals surface area contributed by atoms with Gasteiger partial charge in [-0.25, -0.2) is 14.3 Å². The van der Waals surface area contributed by atoms with E-state index < -0.39 is 23.4 Å². The molecule has 0 saturated carbocycles. The van der Waals surface area contributed by atoms with E-state index in [9.17, 15) is 9.59 Å². The van der Waals surface area contributed by atoms with Crippen LogP contribution < -0.4 is 4.90 Å². The van der Waals surface area contributed by atoms with E-state index in [1.54, 1.807) is 60.7 Å². The molecule has 2 aromatic heterocycles. The highest BCUT2D eigenvalue weighted by Crippen LogP contribution is 2.29. The predicted molar refractivity (Wildman–Crippen MR) is 119 cm³/mol. The average Bonchev–Trinajstić information content (AvgIpc) is 2.99. The standard InChI is InChI=1S/C23H28N4O4/c1-15-14-19(26(20(28)30-22(2,3)4)21(29)31-23(5,6)7)27(25-15)18-12-8-11-17-16(18)10-9-13-24-17/h8-14H,1-7H3. The molecule has 0 aliphatic carbocycles. The largest absolute Gasteiger partial charge is 0.443 e. The average molecular weight is 425 g/mol. The Labute approximate surface area is 181 Å². The smallest absolute Gasteiger partial charge is 0.425 e. The van der Waals surface area contributed by atoms with Gasteiger partial charge in [0.1, 0.15) is 11.2 Å². The van der Waals surface area contributed by atoms with Gasteiger partial charge >= 0.3 is 12.2 Å². The maximum absolute atomic E-state index is 13.1. The van der Waals surface area contributed by atoms with Gasteiger partial charge in [0.2, 0.25) is 0 Å². The first-order chi connectivity index (χ1) is 14.4. The van der Waals surface area contributed by atoms with Gasteiger partial charge in [0.25, 0.3) is 0 Å². The van der Waals surface area contributed by atoms with Crippen LogP contribution in [0.3, 0.4) is 0 Å².